The molecule has 1 saturated heterocycles. The van der Waals surface area contributed by atoms with E-state index in [1.807, 2.05) is 37.3 Å². The van der Waals surface area contributed by atoms with Crippen molar-refractivity contribution in [3.05, 3.63) is 42.4 Å². The Morgan fingerprint density at radius 1 is 1.25 bits per heavy atom. The molecule has 2 aromatic rings. The van der Waals surface area contributed by atoms with Crippen LogP contribution < -0.4 is 5.32 Å². The monoisotopic (exact) mass is 274 g/mol. The molecule has 1 aromatic heterocycles. The number of oxazole rings is 1. The maximum Gasteiger partial charge on any atom is 0.211 e. The molecule has 3 rings (SSSR count). The van der Waals surface area contributed by atoms with Crippen molar-refractivity contribution in [2.24, 2.45) is 0 Å². The first-order chi connectivity index (χ1) is 9.83. The number of ether oxygens (including phenoxy) is 2. The second kappa shape index (κ2) is 6.17. The summed E-state index contributed by atoms with van der Waals surface area (Å²) in [5, 5.41) is 3.30. The van der Waals surface area contributed by atoms with E-state index < -0.39 is 0 Å². The average Bonchev–Trinajstić information content (AvgIpc) is 3.17. The molecule has 1 aliphatic heterocycles. The van der Waals surface area contributed by atoms with Crippen LogP contribution in [0.15, 0.2) is 40.9 Å². The summed E-state index contributed by atoms with van der Waals surface area (Å²) < 4.78 is 16.5. The molecule has 1 N–H and O–H groups in total. The van der Waals surface area contributed by atoms with Crippen molar-refractivity contribution in [3.63, 3.8) is 0 Å². The van der Waals surface area contributed by atoms with Gasteiger partial charge in [0, 0.05) is 12.1 Å². The van der Waals surface area contributed by atoms with Gasteiger partial charge in [-0.15, -0.1) is 0 Å². The largest absolute Gasteiger partial charge is 0.439 e. The highest BCUT2D eigenvalue weighted by Crippen LogP contribution is 2.22. The lowest BCUT2D eigenvalue weighted by atomic mass is 10.2. The minimum atomic E-state index is -0.166. The number of benzene rings is 1. The van der Waals surface area contributed by atoms with Gasteiger partial charge in [-0.2, -0.15) is 0 Å². The number of hydrogen-bond donors (Lipinski definition) is 1. The second-order valence-electron chi connectivity index (χ2n) is 4.73. The van der Waals surface area contributed by atoms with Crippen molar-refractivity contribution in [3.8, 4) is 11.3 Å². The third-order valence-corrected chi connectivity index (χ3v) is 3.23. The van der Waals surface area contributed by atoms with Gasteiger partial charge in [-0.1, -0.05) is 30.3 Å². The molecule has 0 saturated carbocycles. The molecule has 0 amide bonds. The normalized spacial score (nSPS) is 17.4. The van der Waals surface area contributed by atoms with E-state index >= 15 is 0 Å². The average molecular weight is 274 g/mol. The minimum absolute atomic E-state index is 0.0141. The molecule has 0 bridgehead atoms. The highest BCUT2D eigenvalue weighted by molar-refractivity contribution is 5.55. The smallest absolute Gasteiger partial charge is 0.211 e. The Balaban J connectivity index is 1.61. The molecular weight excluding hydrogens is 256 g/mol. The van der Waals surface area contributed by atoms with Gasteiger partial charge in [0.2, 0.25) is 5.89 Å². The summed E-state index contributed by atoms with van der Waals surface area (Å²) in [5.41, 5.74) is 1.03. The van der Waals surface area contributed by atoms with E-state index in [0.29, 0.717) is 25.6 Å². The van der Waals surface area contributed by atoms with Gasteiger partial charge in [0.1, 0.15) is 0 Å². The summed E-state index contributed by atoms with van der Waals surface area (Å²) in [4.78, 5) is 4.33. The molecule has 106 valence electrons. The summed E-state index contributed by atoms with van der Waals surface area (Å²) in [6.45, 7) is 3.97. The lowest BCUT2D eigenvalue weighted by molar-refractivity contribution is -0.0407. The summed E-state index contributed by atoms with van der Waals surface area (Å²) >= 11 is 0. The van der Waals surface area contributed by atoms with E-state index in [2.05, 4.69) is 10.3 Å². The quantitative estimate of drug-likeness (QED) is 0.907. The molecule has 1 aliphatic rings. The number of nitrogens with one attached hydrogen (secondary N) is 1. The van der Waals surface area contributed by atoms with Crippen LogP contribution in [0.25, 0.3) is 11.3 Å². The van der Waals surface area contributed by atoms with Gasteiger partial charge in [0.25, 0.3) is 0 Å². The Bertz CT molecular complexity index is 535. The number of aromatic nitrogens is 1. The maximum absolute atomic E-state index is 5.79. The number of rotatable bonds is 5. The summed E-state index contributed by atoms with van der Waals surface area (Å²) in [6.07, 6.45) is 1.59. The molecule has 1 aromatic carbocycles. The molecule has 0 radical (unpaired) electrons. The van der Waals surface area contributed by atoms with E-state index in [0.717, 1.165) is 11.3 Å². The molecule has 20 heavy (non-hydrogen) atoms. The van der Waals surface area contributed by atoms with Gasteiger partial charge in [-0.05, 0) is 6.92 Å². The van der Waals surface area contributed by atoms with Gasteiger partial charge < -0.3 is 19.2 Å². The van der Waals surface area contributed by atoms with Gasteiger partial charge in [0.05, 0.1) is 25.5 Å². The first-order valence-corrected chi connectivity index (χ1v) is 6.80. The molecular formula is C15H18N2O3. The first kappa shape index (κ1) is 13.3. The summed E-state index contributed by atoms with van der Waals surface area (Å²) in [5.74, 6) is 1.45. The van der Waals surface area contributed by atoms with Crippen LogP contribution in [0.2, 0.25) is 0 Å². The van der Waals surface area contributed by atoms with Crippen molar-refractivity contribution >= 4 is 0 Å². The lowest BCUT2D eigenvalue weighted by Crippen LogP contribution is -2.29. The zero-order valence-corrected chi connectivity index (χ0v) is 11.4. The Morgan fingerprint density at radius 2 is 2.00 bits per heavy atom. The standard InChI is InChI=1S/C15H18N2O3/c1-11(16-10-14-18-7-8-19-14)15-17-9-13(20-15)12-5-3-2-4-6-12/h2-6,9,11,14,16H,7-8,10H2,1H3. The van der Waals surface area contributed by atoms with Crippen LogP contribution >= 0.6 is 0 Å². The first-order valence-electron chi connectivity index (χ1n) is 6.80. The highest BCUT2D eigenvalue weighted by Gasteiger charge is 2.19. The van der Waals surface area contributed by atoms with Crippen molar-refractivity contribution in [1.29, 1.82) is 0 Å². The summed E-state index contributed by atoms with van der Waals surface area (Å²) in [7, 11) is 0. The van der Waals surface area contributed by atoms with Gasteiger partial charge in [-0.3, -0.25) is 0 Å². The van der Waals surface area contributed by atoms with Crippen molar-refractivity contribution in [2.45, 2.75) is 19.3 Å². The highest BCUT2D eigenvalue weighted by atomic mass is 16.7. The molecule has 5 heteroatoms. The summed E-state index contributed by atoms with van der Waals surface area (Å²) in [6, 6.07) is 9.96. The van der Waals surface area contributed by atoms with E-state index in [1.165, 1.54) is 0 Å². The van der Waals surface area contributed by atoms with Crippen LogP contribution in [-0.2, 0) is 9.47 Å². The molecule has 0 aliphatic carbocycles. The predicted octanol–water partition coefficient (Wildman–Crippen LogP) is 2.37. The SMILES string of the molecule is CC(NCC1OCCO1)c1ncc(-c2ccccc2)o1. The molecule has 0 spiro atoms. The van der Waals surface area contributed by atoms with Crippen LogP contribution in [0, 0.1) is 0 Å². The van der Waals surface area contributed by atoms with Crippen molar-refractivity contribution < 1.29 is 13.9 Å². The van der Waals surface area contributed by atoms with Crippen LogP contribution in [0.5, 0.6) is 0 Å². The minimum Gasteiger partial charge on any atom is -0.439 e. The zero-order chi connectivity index (χ0) is 13.8. The fraction of sp³-hybridized carbons (Fsp3) is 0.400. The van der Waals surface area contributed by atoms with Crippen LogP contribution in [0.1, 0.15) is 18.9 Å². The third kappa shape index (κ3) is 3.07. The topological polar surface area (TPSA) is 56.5 Å². The fourth-order valence-electron chi connectivity index (χ4n) is 2.11. The Kier molecular flexibility index (Phi) is 4.11. The van der Waals surface area contributed by atoms with E-state index in [1.54, 1.807) is 6.20 Å². The molecule has 1 fully saturated rings. The Morgan fingerprint density at radius 3 is 2.75 bits per heavy atom. The van der Waals surface area contributed by atoms with Gasteiger partial charge in [0.15, 0.2) is 12.1 Å². The van der Waals surface area contributed by atoms with Crippen LogP contribution in [0.3, 0.4) is 0 Å². The molecule has 2 heterocycles. The van der Waals surface area contributed by atoms with Crippen LogP contribution in [0.4, 0.5) is 0 Å². The predicted molar refractivity (Wildman–Crippen MR) is 74.0 cm³/mol. The van der Waals surface area contributed by atoms with E-state index in [9.17, 15) is 0 Å². The van der Waals surface area contributed by atoms with Crippen LogP contribution in [-0.4, -0.2) is 31.0 Å². The van der Waals surface area contributed by atoms with Gasteiger partial charge in [-0.25, -0.2) is 4.98 Å². The van der Waals surface area contributed by atoms with Gasteiger partial charge >= 0.3 is 0 Å². The Hall–Kier alpha value is -1.69. The van der Waals surface area contributed by atoms with Crippen molar-refractivity contribution in [1.82, 2.24) is 10.3 Å². The zero-order valence-electron chi connectivity index (χ0n) is 11.4. The van der Waals surface area contributed by atoms with Crippen molar-refractivity contribution in [2.75, 3.05) is 19.8 Å². The number of nitrogens with zero attached hydrogens (tertiary/aromatic N) is 1. The fourth-order valence-corrected chi connectivity index (χ4v) is 2.11. The van der Waals surface area contributed by atoms with E-state index in [4.69, 9.17) is 13.9 Å². The Labute approximate surface area is 117 Å². The molecule has 1 atom stereocenters. The molecule has 1 unspecified atom stereocenters. The molecule has 5 nitrogen and oxygen atoms in total. The van der Waals surface area contributed by atoms with E-state index in [-0.39, 0.29) is 12.3 Å². The third-order valence-electron chi connectivity index (χ3n) is 3.23. The second-order valence-corrected chi connectivity index (χ2v) is 4.73. The number of hydrogen-bond acceptors (Lipinski definition) is 5. The maximum atomic E-state index is 5.79. The lowest BCUT2D eigenvalue weighted by Gasteiger charge is -2.13.